The molecule has 0 radical (unpaired) electrons. The molecule has 2 aliphatic carbocycles. The van der Waals surface area contributed by atoms with Gasteiger partial charge in [-0.1, -0.05) is 70.4 Å². The summed E-state index contributed by atoms with van der Waals surface area (Å²) in [5.41, 5.74) is 0.487. The number of aliphatic hydroxyl groups excluding tert-OH is 2. The molecule has 0 aromatic carbocycles. The predicted octanol–water partition coefficient (Wildman–Crippen LogP) is 5.77. The molecule has 0 amide bonds. The Morgan fingerprint density at radius 3 is 2.58 bits per heavy atom. The molecule has 0 heterocycles. The highest BCUT2D eigenvalue weighted by Gasteiger charge is 2.41. The van der Waals surface area contributed by atoms with Crippen molar-refractivity contribution in [1.29, 1.82) is 0 Å². The standard InChI is InChI=1S/C27H46O5S/c1-2-3-4-8-14-27(16-10-17-27)15-9-12-22-21(24(30)20-25(22)33-19-18-28)11-6-5-7-13-23(29)26(31)32/h9,12,21-23,25,28-29H,2-8,10-11,13-20H2,1H3,(H,31,32)/t21-,22-,23?,25-/m1/s1. The number of unbranched alkanes of at least 4 members (excludes halogenated alkanes) is 5. The predicted molar refractivity (Wildman–Crippen MR) is 135 cm³/mol. The highest BCUT2D eigenvalue weighted by Crippen LogP contribution is 2.49. The zero-order valence-corrected chi connectivity index (χ0v) is 21.4. The van der Waals surface area contributed by atoms with Crippen LogP contribution in [-0.4, -0.2) is 50.8 Å². The summed E-state index contributed by atoms with van der Waals surface area (Å²) < 4.78 is 0. The third kappa shape index (κ3) is 9.37. The van der Waals surface area contributed by atoms with Crippen molar-refractivity contribution in [2.45, 2.75) is 115 Å². The SMILES string of the molecule is CCCCCCC1(CC=C[C@H]2[C@H](SCCO)CC(=O)[C@@H]2CCCCCC(O)C(=O)O)CCC1. The topological polar surface area (TPSA) is 94.8 Å². The molecule has 0 aromatic rings. The summed E-state index contributed by atoms with van der Waals surface area (Å²) in [6.07, 6.45) is 19.2. The number of rotatable bonds is 18. The molecule has 2 fully saturated rings. The third-order valence-corrected chi connectivity index (χ3v) is 9.12. The smallest absolute Gasteiger partial charge is 0.332 e. The van der Waals surface area contributed by atoms with E-state index in [1.807, 2.05) is 0 Å². The average molecular weight is 483 g/mol. The molecule has 2 aliphatic rings. The Labute approximate surface area is 204 Å². The molecule has 190 valence electrons. The van der Waals surface area contributed by atoms with E-state index in [4.69, 9.17) is 5.11 Å². The first kappa shape index (κ1) is 28.4. The van der Waals surface area contributed by atoms with Crippen LogP contribution >= 0.6 is 11.8 Å². The first-order valence-electron chi connectivity index (χ1n) is 13.2. The number of carboxylic acids is 1. The van der Waals surface area contributed by atoms with Crippen LogP contribution in [0.25, 0.3) is 0 Å². The first-order chi connectivity index (χ1) is 15.9. The van der Waals surface area contributed by atoms with Crippen LogP contribution in [0.5, 0.6) is 0 Å². The van der Waals surface area contributed by atoms with Gasteiger partial charge in [0.1, 0.15) is 5.78 Å². The molecule has 5 nitrogen and oxygen atoms in total. The zero-order valence-electron chi connectivity index (χ0n) is 20.6. The number of hydrogen-bond donors (Lipinski definition) is 3. The summed E-state index contributed by atoms with van der Waals surface area (Å²) in [6.45, 7) is 2.40. The Morgan fingerprint density at radius 1 is 1.18 bits per heavy atom. The Hall–Kier alpha value is -0.850. The average Bonchev–Trinajstić information content (AvgIpc) is 3.06. The van der Waals surface area contributed by atoms with E-state index in [-0.39, 0.29) is 30.1 Å². The lowest BCUT2D eigenvalue weighted by Crippen LogP contribution is -2.28. The van der Waals surface area contributed by atoms with Crippen LogP contribution in [-0.2, 0) is 9.59 Å². The van der Waals surface area contributed by atoms with Crippen molar-refractivity contribution < 1.29 is 24.9 Å². The molecule has 33 heavy (non-hydrogen) atoms. The number of Topliss-reactive ketones (excluding diaryl/α,β-unsaturated/α-hetero) is 1. The molecule has 3 N–H and O–H groups in total. The molecule has 0 bridgehead atoms. The molecule has 2 rings (SSSR count). The summed E-state index contributed by atoms with van der Waals surface area (Å²) in [6, 6.07) is 0. The second-order valence-corrected chi connectivity index (χ2v) is 11.6. The number of allylic oxidation sites excluding steroid dienone is 2. The van der Waals surface area contributed by atoms with E-state index in [9.17, 15) is 19.8 Å². The van der Waals surface area contributed by atoms with Gasteiger partial charge in [-0.15, -0.1) is 0 Å². The lowest BCUT2D eigenvalue weighted by Gasteiger charge is -2.42. The summed E-state index contributed by atoms with van der Waals surface area (Å²) in [7, 11) is 0. The minimum Gasteiger partial charge on any atom is -0.479 e. The Kier molecular flexibility index (Phi) is 13.1. The molecule has 4 atom stereocenters. The van der Waals surface area contributed by atoms with Crippen molar-refractivity contribution in [3.05, 3.63) is 12.2 Å². The van der Waals surface area contributed by atoms with Crippen LogP contribution in [0.4, 0.5) is 0 Å². The summed E-state index contributed by atoms with van der Waals surface area (Å²) in [4.78, 5) is 23.6. The van der Waals surface area contributed by atoms with Crippen molar-refractivity contribution in [2.24, 2.45) is 17.3 Å². The van der Waals surface area contributed by atoms with E-state index in [2.05, 4.69) is 19.1 Å². The van der Waals surface area contributed by atoms with Gasteiger partial charge >= 0.3 is 5.97 Å². The van der Waals surface area contributed by atoms with Crippen molar-refractivity contribution in [3.63, 3.8) is 0 Å². The van der Waals surface area contributed by atoms with Crippen LogP contribution in [0, 0.1) is 17.3 Å². The largest absolute Gasteiger partial charge is 0.479 e. The number of hydrogen-bond acceptors (Lipinski definition) is 5. The number of ketones is 1. The van der Waals surface area contributed by atoms with Gasteiger partial charge in [-0.25, -0.2) is 4.79 Å². The van der Waals surface area contributed by atoms with Gasteiger partial charge in [0.15, 0.2) is 6.10 Å². The molecule has 0 aliphatic heterocycles. The van der Waals surface area contributed by atoms with Gasteiger partial charge in [0.25, 0.3) is 0 Å². The van der Waals surface area contributed by atoms with E-state index in [0.29, 0.717) is 29.8 Å². The third-order valence-electron chi connectivity index (χ3n) is 7.79. The summed E-state index contributed by atoms with van der Waals surface area (Å²) >= 11 is 1.73. The molecule has 1 unspecified atom stereocenters. The number of aliphatic hydroxyl groups is 2. The highest BCUT2D eigenvalue weighted by atomic mass is 32.2. The lowest BCUT2D eigenvalue weighted by molar-refractivity contribution is -0.147. The van der Waals surface area contributed by atoms with Crippen LogP contribution in [0.1, 0.15) is 103 Å². The number of thioether (sulfide) groups is 1. The van der Waals surface area contributed by atoms with Gasteiger partial charge in [-0.05, 0) is 49.9 Å². The molecule has 0 saturated heterocycles. The molecular weight excluding hydrogens is 436 g/mol. The molecular formula is C27H46O5S. The number of aliphatic carboxylic acids is 1. The second-order valence-electron chi connectivity index (χ2n) is 10.3. The monoisotopic (exact) mass is 482 g/mol. The lowest BCUT2D eigenvalue weighted by atomic mass is 9.64. The maximum Gasteiger partial charge on any atom is 0.332 e. The van der Waals surface area contributed by atoms with Gasteiger partial charge in [0.2, 0.25) is 0 Å². The van der Waals surface area contributed by atoms with Crippen LogP contribution in [0.2, 0.25) is 0 Å². The Morgan fingerprint density at radius 2 is 1.94 bits per heavy atom. The fourth-order valence-electron chi connectivity index (χ4n) is 5.58. The van der Waals surface area contributed by atoms with Crippen molar-refractivity contribution in [1.82, 2.24) is 0 Å². The first-order valence-corrected chi connectivity index (χ1v) is 14.3. The van der Waals surface area contributed by atoms with Crippen molar-refractivity contribution >= 4 is 23.5 Å². The van der Waals surface area contributed by atoms with Crippen molar-refractivity contribution in [3.8, 4) is 0 Å². The van der Waals surface area contributed by atoms with E-state index in [1.165, 1.54) is 51.4 Å². The maximum atomic E-state index is 12.8. The van der Waals surface area contributed by atoms with Crippen LogP contribution in [0.15, 0.2) is 12.2 Å². The van der Waals surface area contributed by atoms with Crippen molar-refractivity contribution in [2.75, 3.05) is 12.4 Å². The fourth-order valence-corrected chi connectivity index (χ4v) is 6.78. The van der Waals surface area contributed by atoms with E-state index < -0.39 is 12.1 Å². The zero-order chi connectivity index (χ0) is 24.1. The van der Waals surface area contributed by atoms with E-state index >= 15 is 0 Å². The minimum atomic E-state index is -1.28. The van der Waals surface area contributed by atoms with E-state index in [0.717, 1.165) is 25.7 Å². The van der Waals surface area contributed by atoms with Gasteiger partial charge in [0.05, 0.1) is 6.61 Å². The molecule has 0 aromatic heterocycles. The Balaban J connectivity index is 1.89. The van der Waals surface area contributed by atoms with Crippen LogP contribution in [0.3, 0.4) is 0 Å². The van der Waals surface area contributed by atoms with Gasteiger partial charge in [-0.2, -0.15) is 11.8 Å². The number of carbonyl (C=O) groups is 2. The summed E-state index contributed by atoms with van der Waals surface area (Å²) in [5, 5.41) is 27.8. The second kappa shape index (κ2) is 15.2. The normalized spacial score (nSPS) is 25.4. The molecule has 6 heteroatoms. The number of carboxylic acid groups (broad SMARTS) is 1. The highest BCUT2D eigenvalue weighted by molar-refractivity contribution is 8.00. The Bertz CT molecular complexity index is 616. The minimum absolute atomic E-state index is 0.0312. The summed E-state index contributed by atoms with van der Waals surface area (Å²) in [5.74, 6) is 0.108. The number of carbonyl (C=O) groups excluding carboxylic acids is 1. The maximum absolute atomic E-state index is 12.8. The molecule has 0 spiro atoms. The van der Waals surface area contributed by atoms with Gasteiger partial charge in [-0.3, -0.25) is 4.79 Å². The quantitative estimate of drug-likeness (QED) is 0.170. The van der Waals surface area contributed by atoms with Gasteiger partial charge < -0.3 is 15.3 Å². The van der Waals surface area contributed by atoms with Gasteiger partial charge in [0, 0.05) is 23.3 Å². The van der Waals surface area contributed by atoms with E-state index in [1.54, 1.807) is 11.8 Å². The van der Waals surface area contributed by atoms with Crippen LogP contribution < -0.4 is 0 Å². The molecule has 2 saturated carbocycles. The fraction of sp³-hybridized carbons (Fsp3) is 0.852.